The third-order valence-electron chi connectivity index (χ3n) is 11.2. The van der Waals surface area contributed by atoms with Crippen LogP contribution in [0.25, 0.3) is 0 Å². The van der Waals surface area contributed by atoms with E-state index in [-0.39, 0.29) is 75.4 Å². The molecule has 9 N–H and O–H groups in total. The van der Waals surface area contributed by atoms with Crippen molar-refractivity contribution in [1.82, 2.24) is 0 Å². The van der Waals surface area contributed by atoms with Crippen LogP contribution >= 0.6 is 0 Å². The van der Waals surface area contributed by atoms with Crippen molar-refractivity contribution >= 4 is 11.8 Å². The van der Waals surface area contributed by atoms with E-state index in [1.165, 1.54) is 0 Å². The fraction of sp³-hybridized carbons (Fsp3) is 0.652. The number of fused-ring (bicyclic) bond motifs is 2. The van der Waals surface area contributed by atoms with Crippen LogP contribution in [0.2, 0.25) is 0 Å². The highest BCUT2D eigenvalue weighted by molar-refractivity contribution is 5.78. The average Bonchev–Trinajstić information content (AvgIpc) is 3.17. The minimum atomic E-state index is -1.86. The number of allylic oxidation sites excluding steroid dienone is 12. The smallest absolute Gasteiger partial charge is 0.308 e. The maximum Gasteiger partial charge on any atom is 0.308 e. The number of nitrogens with two attached hydrogens (primary N) is 1. The molecule has 0 aromatic rings. The van der Waals surface area contributed by atoms with Gasteiger partial charge in [-0.1, -0.05) is 98.9 Å². The number of carbonyl (C=O) groups is 2. The van der Waals surface area contributed by atoms with Gasteiger partial charge in [0.25, 0.3) is 0 Å². The molecule has 0 radical (unpaired) electrons. The van der Waals surface area contributed by atoms with Crippen LogP contribution in [0.5, 0.6) is 0 Å². The largest absolute Gasteiger partial charge is 0.462 e. The molecular weight excluding hydrogens is 775 g/mol. The summed E-state index contributed by atoms with van der Waals surface area (Å²) >= 11 is 0. The van der Waals surface area contributed by atoms with Gasteiger partial charge in [0, 0.05) is 43.9 Å². The Labute approximate surface area is 355 Å². The first-order valence-electron chi connectivity index (χ1n) is 21.4. The fourth-order valence-corrected chi connectivity index (χ4v) is 7.49. The van der Waals surface area contributed by atoms with Crippen molar-refractivity contribution in [1.29, 1.82) is 0 Å². The molecule has 338 valence electrons. The van der Waals surface area contributed by atoms with Crippen molar-refractivity contribution < 1.29 is 64.3 Å². The number of ketones is 1. The van der Waals surface area contributed by atoms with E-state index < -0.39 is 85.1 Å². The summed E-state index contributed by atoms with van der Waals surface area (Å²) in [6.45, 7) is 7.02. The first-order valence-corrected chi connectivity index (χ1v) is 21.4. The van der Waals surface area contributed by atoms with E-state index in [1.54, 1.807) is 39.0 Å². The molecule has 15 atom stereocenters. The molecule has 2 bridgehead atoms. The molecular formula is C46H71NO13. The molecule has 0 aliphatic carbocycles. The Hall–Kier alpha value is -3.12. The van der Waals surface area contributed by atoms with Gasteiger partial charge in [0.05, 0.1) is 61.3 Å². The van der Waals surface area contributed by atoms with Gasteiger partial charge in [0.1, 0.15) is 18.0 Å². The Kier molecular flexibility index (Phi) is 22.5. The molecule has 3 rings (SSSR count). The highest BCUT2D eigenvalue weighted by Crippen LogP contribution is 2.34. The Morgan fingerprint density at radius 1 is 0.667 bits per heavy atom. The number of hydrogen-bond donors (Lipinski definition) is 8. The second-order valence-corrected chi connectivity index (χ2v) is 16.6. The predicted molar refractivity (Wildman–Crippen MR) is 227 cm³/mol. The Balaban J connectivity index is 1.74. The summed E-state index contributed by atoms with van der Waals surface area (Å²) in [7, 11) is 0. The summed E-state index contributed by atoms with van der Waals surface area (Å²) in [5.74, 6) is -3.08. The van der Waals surface area contributed by atoms with Gasteiger partial charge in [-0.3, -0.25) is 9.59 Å². The van der Waals surface area contributed by atoms with Gasteiger partial charge in [0.15, 0.2) is 12.1 Å². The SMILES string of the molecule is CC1OC(O[C@H]2/C=C/C=C/C=C/C=C/C=C/C=C/C=C/[C@H](C)[C@@H](O)[C@@H](C)[C@H](C)OC(=O)C[C@H](O)CCCC(=O)CCC[C@H](O)C[C@]3(O)C[C@H](O)CC(C2)O3)C(O)C(N)C1O. The standard InChI is InChI=1S/C46H71NO13/c1-30-19-15-13-11-9-7-5-6-8-10-12-14-16-24-38(59-45-44(55)41(47)43(54)33(4)58-45)27-39-25-37(51)29-46(56,60-39)28-36(50)23-18-21-34(48)20-17-22-35(49)26-40(52)57-32(3)31(2)42(30)53/h5-16,19,24,30-33,35-39,41-45,49-51,53-56H,17-18,20-23,25-29,47H2,1-4H3/b6-5+,9-7+,10-8+,13-11+,14-12+,19-15+,24-16+/t30-,31-,32-,33?,35+,36-,37+,38-,39?,41?,42+,43?,44?,45?,46+/m0/s1. The van der Waals surface area contributed by atoms with Crippen LogP contribution in [-0.2, 0) is 28.5 Å². The van der Waals surface area contributed by atoms with E-state index in [0.29, 0.717) is 12.8 Å². The predicted octanol–water partition coefficient (Wildman–Crippen LogP) is 3.67. The zero-order valence-electron chi connectivity index (χ0n) is 35.6. The van der Waals surface area contributed by atoms with Crippen LogP contribution in [0.15, 0.2) is 85.1 Å². The van der Waals surface area contributed by atoms with Gasteiger partial charge in [-0.05, 0) is 46.0 Å². The molecule has 2 saturated heterocycles. The third-order valence-corrected chi connectivity index (χ3v) is 11.2. The van der Waals surface area contributed by atoms with Crippen molar-refractivity contribution in [2.75, 3.05) is 0 Å². The van der Waals surface area contributed by atoms with Crippen LogP contribution in [0.3, 0.4) is 0 Å². The van der Waals surface area contributed by atoms with E-state index in [4.69, 9.17) is 24.7 Å². The maximum absolute atomic E-state index is 12.6. The second kappa shape index (κ2) is 26.4. The molecule has 3 heterocycles. The molecule has 3 aliphatic rings. The maximum atomic E-state index is 12.6. The number of ether oxygens (including phenoxy) is 4. The number of aliphatic hydroxyl groups excluding tert-OH is 6. The van der Waals surface area contributed by atoms with Crippen molar-refractivity contribution in [3.63, 3.8) is 0 Å². The van der Waals surface area contributed by atoms with Gasteiger partial charge in [0.2, 0.25) is 0 Å². The van der Waals surface area contributed by atoms with Crippen LogP contribution in [0.1, 0.15) is 98.3 Å². The molecule has 0 aromatic heterocycles. The zero-order valence-corrected chi connectivity index (χ0v) is 35.6. The number of rotatable bonds is 2. The second-order valence-electron chi connectivity index (χ2n) is 16.6. The molecule has 3 aliphatic heterocycles. The van der Waals surface area contributed by atoms with Gasteiger partial charge >= 0.3 is 5.97 Å². The van der Waals surface area contributed by atoms with E-state index in [9.17, 15) is 45.3 Å². The normalized spacial score (nSPS) is 43.4. The lowest BCUT2D eigenvalue weighted by molar-refractivity contribution is -0.297. The molecule has 0 spiro atoms. The van der Waals surface area contributed by atoms with E-state index in [1.807, 2.05) is 73.8 Å². The highest BCUT2D eigenvalue weighted by atomic mass is 16.7. The molecule has 14 heteroatoms. The Morgan fingerprint density at radius 3 is 1.80 bits per heavy atom. The van der Waals surface area contributed by atoms with Gasteiger partial charge in [-0.25, -0.2) is 0 Å². The minimum Gasteiger partial charge on any atom is -0.462 e. The van der Waals surface area contributed by atoms with Gasteiger partial charge < -0.3 is 60.4 Å². The fourth-order valence-electron chi connectivity index (χ4n) is 7.49. The summed E-state index contributed by atoms with van der Waals surface area (Å²) in [6, 6.07) is -1.01. The molecule has 0 amide bonds. The van der Waals surface area contributed by atoms with E-state index >= 15 is 0 Å². The number of cyclic esters (lactones) is 1. The van der Waals surface area contributed by atoms with Crippen LogP contribution in [0.4, 0.5) is 0 Å². The van der Waals surface area contributed by atoms with Gasteiger partial charge in [-0.15, -0.1) is 0 Å². The lowest BCUT2D eigenvalue weighted by atomic mass is 9.89. The third kappa shape index (κ3) is 18.5. The zero-order chi connectivity index (χ0) is 44.2. The van der Waals surface area contributed by atoms with Crippen molar-refractivity contribution in [2.45, 2.75) is 177 Å². The first kappa shape index (κ1) is 51.2. The number of aliphatic hydroxyl groups is 7. The van der Waals surface area contributed by atoms with E-state index in [0.717, 1.165) is 0 Å². The molecule has 14 nitrogen and oxygen atoms in total. The van der Waals surface area contributed by atoms with Crippen LogP contribution in [0, 0.1) is 11.8 Å². The summed E-state index contributed by atoms with van der Waals surface area (Å²) in [4.78, 5) is 25.1. The number of esters is 1. The Bertz CT molecular complexity index is 1510. The number of Topliss-reactive ketones (excluding diaryl/α,β-unsaturated/α-hetero) is 1. The van der Waals surface area contributed by atoms with Crippen LogP contribution in [-0.4, -0.2) is 127 Å². The average molecular weight is 846 g/mol. The van der Waals surface area contributed by atoms with Gasteiger partial charge in [-0.2, -0.15) is 0 Å². The highest BCUT2D eigenvalue weighted by Gasteiger charge is 2.44. The van der Waals surface area contributed by atoms with Crippen molar-refractivity contribution in [2.24, 2.45) is 17.6 Å². The summed E-state index contributed by atoms with van der Waals surface area (Å²) in [5.41, 5.74) is 6.04. The molecule has 6 unspecified atom stereocenters. The molecule has 60 heavy (non-hydrogen) atoms. The lowest BCUT2D eigenvalue weighted by Crippen LogP contribution is -2.61. The molecule has 2 fully saturated rings. The topological polar surface area (TPSA) is 239 Å². The number of carbonyl (C=O) groups excluding carboxylic acids is 2. The van der Waals surface area contributed by atoms with E-state index in [2.05, 4.69) is 0 Å². The summed E-state index contributed by atoms with van der Waals surface area (Å²) in [6.07, 6.45) is 16.8. The van der Waals surface area contributed by atoms with Crippen LogP contribution < -0.4 is 5.73 Å². The summed E-state index contributed by atoms with van der Waals surface area (Å²) < 4.78 is 23.5. The lowest BCUT2D eigenvalue weighted by Gasteiger charge is -2.43. The quantitative estimate of drug-likeness (QED) is 0.185. The first-order chi connectivity index (χ1) is 28.5. The molecule has 0 aromatic carbocycles. The van der Waals surface area contributed by atoms with Crippen molar-refractivity contribution in [3.8, 4) is 0 Å². The Morgan fingerprint density at radius 2 is 1.20 bits per heavy atom. The minimum absolute atomic E-state index is 0.0615. The monoisotopic (exact) mass is 845 g/mol. The molecule has 0 saturated carbocycles. The van der Waals surface area contributed by atoms with Crippen molar-refractivity contribution in [3.05, 3.63) is 85.1 Å². The number of hydrogen-bond acceptors (Lipinski definition) is 14. The summed E-state index contributed by atoms with van der Waals surface area (Å²) in [5, 5.41) is 75.4.